The van der Waals surface area contributed by atoms with Crippen molar-refractivity contribution >= 4 is 11.0 Å². The van der Waals surface area contributed by atoms with Crippen LogP contribution in [0.1, 0.15) is 5.69 Å². The number of nitrogens with zero attached hydrogens (tertiary/aromatic N) is 1. The van der Waals surface area contributed by atoms with Gasteiger partial charge in [0.15, 0.2) is 5.52 Å². The molecule has 0 saturated carbocycles. The molecule has 9 N–H and O–H groups in total. The van der Waals surface area contributed by atoms with Crippen LogP contribution in [0.5, 0.6) is 0 Å². The number of rotatable bonds is 2. The first-order valence-corrected chi connectivity index (χ1v) is 6.13. The van der Waals surface area contributed by atoms with Gasteiger partial charge in [0.2, 0.25) is 0 Å². The summed E-state index contributed by atoms with van der Waals surface area (Å²) in [7, 11) is 0. The molecule has 2 aromatic rings. The van der Waals surface area contributed by atoms with E-state index in [1.165, 1.54) is 0 Å². The van der Waals surface area contributed by atoms with Gasteiger partial charge in [0.1, 0.15) is 23.4 Å². The fourth-order valence-corrected chi connectivity index (χ4v) is 2.58. The number of fused-ring (bicyclic) bond motifs is 1. The van der Waals surface area contributed by atoms with Gasteiger partial charge in [0, 0.05) is 0 Å². The third-order valence-corrected chi connectivity index (χ3v) is 3.68. The van der Waals surface area contributed by atoms with Crippen molar-refractivity contribution in [2.75, 3.05) is 6.61 Å². The Bertz CT molecular complexity index is 795. The topological polar surface area (TPSA) is 193 Å². The number of aromatic nitrogens is 4. The van der Waals surface area contributed by atoms with Gasteiger partial charge in [-0.2, -0.15) is 5.10 Å². The number of aliphatic hydroxyl groups is 3. The van der Waals surface area contributed by atoms with Crippen LogP contribution in [-0.2, 0) is 5.66 Å². The average Bonchev–Trinajstić information content (AvgIpc) is 2.95. The molecule has 0 unspecified atom stereocenters. The lowest BCUT2D eigenvalue weighted by Crippen LogP contribution is -2.55. The van der Waals surface area contributed by atoms with Gasteiger partial charge < -0.3 is 26.0 Å². The van der Waals surface area contributed by atoms with Crippen LogP contribution in [0.25, 0.3) is 11.0 Å². The van der Waals surface area contributed by atoms with E-state index in [0.29, 0.717) is 0 Å². The summed E-state index contributed by atoms with van der Waals surface area (Å²) in [5.74, 6) is 0. The van der Waals surface area contributed by atoms with Crippen molar-refractivity contribution in [3.8, 4) is 0 Å². The van der Waals surface area contributed by atoms with Crippen molar-refractivity contribution < 1.29 is 15.3 Å². The average molecular weight is 298 g/mol. The van der Waals surface area contributed by atoms with Gasteiger partial charge in [0.25, 0.3) is 5.56 Å². The number of aliphatic hydroxyl groups excluding tert-OH is 3. The third kappa shape index (κ3) is 1.83. The normalized spacial score (nSPS) is 32.9. The fraction of sp³-hybridized carbons (Fsp3) is 0.500. The van der Waals surface area contributed by atoms with E-state index in [-0.39, 0.29) is 16.7 Å². The third-order valence-electron chi connectivity index (χ3n) is 3.68. The molecular formula is C10H14N6O5. The highest BCUT2D eigenvalue weighted by Gasteiger charge is 2.52. The second kappa shape index (κ2) is 4.47. The van der Waals surface area contributed by atoms with Crippen LogP contribution in [-0.4, -0.2) is 60.3 Å². The summed E-state index contributed by atoms with van der Waals surface area (Å²) in [5.41, 5.74) is 2.82. The molecule has 3 heterocycles. The van der Waals surface area contributed by atoms with Gasteiger partial charge in [-0.25, -0.2) is 4.79 Å². The largest absolute Gasteiger partial charge is 0.395 e. The molecule has 1 saturated heterocycles. The van der Waals surface area contributed by atoms with Crippen molar-refractivity contribution in [1.82, 2.24) is 25.5 Å². The Morgan fingerprint density at radius 2 is 2.00 bits per heavy atom. The molecule has 0 spiro atoms. The summed E-state index contributed by atoms with van der Waals surface area (Å²) in [6, 6.07) is -0.864. The van der Waals surface area contributed by atoms with Crippen molar-refractivity contribution in [3.05, 3.63) is 26.5 Å². The summed E-state index contributed by atoms with van der Waals surface area (Å²) >= 11 is 0. The SMILES string of the molecule is N[C@@]1(c2[nH]nc3c(=O)[nH]c(=O)[nH]c23)N[C@H](CO)[C@@H](O)[C@H]1O. The number of hydrogen-bond acceptors (Lipinski definition) is 8. The molecule has 0 radical (unpaired) electrons. The van der Waals surface area contributed by atoms with Crippen molar-refractivity contribution in [2.45, 2.75) is 23.9 Å². The van der Waals surface area contributed by atoms with E-state index in [4.69, 9.17) is 10.8 Å². The van der Waals surface area contributed by atoms with Crippen LogP contribution in [0.2, 0.25) is 0 Å². The minimum absolute atomic E-state index is 0.0172. The summed E-state index contributed by atoms with van der Waals surface area (Å²) in [5, 5.41) is 38.0. The summed E-state index contributed by atoms with van der Waals surface area (Å²) in [4.78, 5) is 27.4. The minimum atomic E-state index is -1.71. The van der Waals surface area contributed by atoms with Gasteiger partial charge in [0.05, 0.1) is 18.3 Å². The van der Waals surface area contributed by atoms with E-state index in [1.54, 1.807) is 0 Å². The molecule has 0 bridgehead atoms. The van der Waals surface area contributed by atoms with E-state index >= 15 is 0 Å². The number of nitrogens with one attached hydrogen (secondary N) is 4. The molecule has 11 nitrogen and oxygen atoms in total. The Hall–Kier alpha value is -2.05. The molecule has 1 aliphatic rings. The predicted molar refractivity (Wildman–Crippen MR) is 69.2 cm³/mol. The lowest BCUT2D eigenvalue weighted by atomic mass is 9.99. The van der Waals surface area contributed by atoms with E-state index in [2.05, 4.69) is 20.5 Å². The Balaban J connectivity index is 2.21. The molecule has 0 amide bonds. The molecule has 114 valence electrons. The van der Waals surface area contributed by atoms with Gasteiger partial charge in [-0.3, -0.25) is 20.2 Å². The summed E-state index contributed by atoms with van der Waals surface area (Å²) < 4.78 is 0. The maximum atomic E-state index is 11.6. The first-order valence-electron chi connectivity index (χ1n) is 6.13. The molecule has 3 rings (SSSR count). The fourth-order valence-electron chi connectivity index (χ4n) is 2.58. The van der Waals surface area contributed by atoms with Gasteiger partial charge in [-0.1, -0.05) is 0 Å². The number of aromatic amines is 3. The second-order valence-corrected chi connectivity index (χ2v) is 4.97. The van der Waals surface area contributed by atoms with Crippen molar-refractivity contribution in [3.63, 3.8) is 0 Å². The van der Waals surface area contributed by atoms with Gasteiger partial charge in [-0.15, -0.1) is 0 Å². The molecule has 2 aromatic heterocycles. The highest BCUT2D eigenvalue weighted by molar-refractivity contribution is 5.76. The Morgan fingerprint density at radius 1 is 1.29 bits per heavy atom. The lowest BCUT2D eigenvalue weighted by molar-refractivity contribution is -0.00159. The predicted octanol–water partition coefficient (Wildman–Crippen LogP) is -4.26. The zero-order valence-electron chi connectivity index (χ0n) is 10.6. The van der Waals surface area contributed by atoms with E-state index < -0.39 is 41.8 Å². The number of nitrogens with two attached hydrogens (primary N) is 1. The lowest BCUT2D eigenvalue weighted by Gasteiger charge is -2.27. The molecule has 11 heteroatoms. The van der Waals surface area contributed by atoms with E-state index in [1.807, 2.05) is 4.98 Å². The minimum Gasteiger partial charge on any atom is -0.395 e. The Morgan fingerprint density at radius 3 is 2.62 bits per heavy atom. The second-order valence-electron chi connectivity index (χ2n) is 4.97. The zero-order chi connectivity index (χ0) is 15.4. The van der Waals surface area contributed by atoms with Gasteiger partial charge >= 0.3 is 5.69 Å². The van der Waals surface area contributed by atoms with Crippen LogP contribution < -0.4 is 22.3 Å². The van der Waals surface area contributed by atoms with Crippen molar-refractivity contribution in [2.24, 2.45) is 5.73 Å². The quantitative estimate of drug-likeness (QED) is 0.273. The van der Waals surface area contributed by atoms with Crippen LogP contribution in [0.3, 0.4) is 0 Å². The standard InChI is InChI=1S/C10H14N6O5/c11-10(7(19)5(18)2(1-17)14-10)6-3-4(15-16-6)8(20)13-9(21)12-3/h2,5,7,14,17-19H,1,11H2,(H,15,16)(H2,12,13,20,21)/t2-,5-,7-,10+/m1/s1. The number of hydrogen-bond donors (Lipinski definition) is 8. The van der Waals surface area contributed by atoms with Crippen LogP contribution in [0.15, 0.2) is 9.59 Å². The van der Waals surface area contributed by atoms with Gasteiger partial charge in [-0.05, 0) is 0 Å². The Labute approximate surface area is 115 Å². The molecule has 1 fully saturated rings. The van der Waals surface area contributed by atoms with Crippen molar-refractivity contribution in [1.29, 1.82) is 0 Å². The van der Waals surface area contributed by atoms with Crippen LogP contribution in [0.4, 0.5) is 0 Å². The first-order chi connectivity index (χ1) is 9.88. The summed E-state index contributed by atoms with van der Waals surface area (Å²) in [6.07, 6.45) is -2.81. The number of H-pyrrole nitrogens is 3. The highest BCUT2D eigenvalue weighted by Crippen LogP contribution is 2.30. The molecule has 0 aliphatic carbocycles. The zero-order valence-corrected chi connectivity index (χ0v) is 10.6. The molecule has 0 aromatic carbocycles. The first kappa shape index (κ1) is 13.9. The highest BCUT2D eigenvalue weighted by atomic mass is 16.3. The Kier molecular flexibility index (Phi) is 2.96. The monoisotopic (exact) mass is 298 g/mol. The van der Waals surface area contributed by atoms with E-state index in [9.17, 15) is 19.8 Å². The molecule has 1 aliphatic heterocycles. The molecule has 21 heavy (non-hydrogen) atoms. The maximum Gasteiger partial charge on any atom is 0.326 e. The van der Waals surface area contributed by atoms with Crippen LogP contribution in [0, 0.1) is 0 Å². The molecule has 4 atom stereocenters. The summed E-state index contributed by atoms with van der Waals surface area (Å²) in [6.45, 7) is -0.458. The molecular weight excluding hydrogens is 284 g/mol. The maximum absolute atomic E-state index is 11.6. The van der Waals surface area contributed by atoms with Crippen LogP contribution >= 0.6 is 0 Å². The smallest absolute Gasteiger partial charge is 0.326 e. The van der Waals surface area contributed by atoms with E-state index in [0.717, 1.165) is 0 Å².